The average Bonchev–Trinajstić information content (AvgIpc) is 3.30. The molecule has 31 heavy (non-hydrogen) atoms. The van der Waals surface area contributed by atoms with Crippen molar-refractivity contribution in [3.8, 4) is 0 Å². The first-order valence-electron chi connectivity index (χ1n) is 9.82. The second-order valence-electron chi connectivity index (χ2n) is 7.13. The van der Waals surface area contributed by atoms with Crippen LogP contribution in [0.15, 0.2) is 53.4 Å². The molecule has 1 fully saturated rings. The first kappa shape index (κ1) is 21.2. The van der Waals surface area contributed by atoms with Gasteiger partial charge in [0.2, 0.25) is 10.0 Å². The summed E-state index contributed by atoms with van der Waals surface area (Å²) < 4.78 is 38.3. The number of benzene rings is 2. The Morgan fingerprint density at radius 3 is 2.84 bits per heavy atom. The third kappa shape index (κ3) is 4.98. The summed E-state index contributed by atoms with van der Waals surface area (Å²) >= 11 is 0. The molecule has 1 saturated heterocycles. The van der Waals surface area contributed by atoms with E-state index in [1.54, 1.807) is 12.1 Å². The van der Waals surface area contributed by atoms with Crippen molar-refractivity contribution in [1.29, 1.82) is 0 Å². The maximum atomic E-state index is 12.6. The van der Waals surface area contributed by atoms with E-state index in [2.05, 4.69) is 14.7 Å². The van der Waals surface area contributed by atoms with Crippen molar-refractivity contribution in [2.45, 2.75) is 30.4 Å². The van der Waals surface area contributed by atoms with Gasteiger partial charge in [-0.25, -0.2) is 27.9 Å². The Morgan fingerprint density at radius 1 is 1.19 bits per heavy atom. The molecule has 1 aliphatic rings. The van der Waals surface area contributed by atoms with E-state index in [1.807, 2.05) is 12.1 Å². The largest absolute Gasteiger partial charge is 0.454 e. The Kier molecular flexibility index (Phi) is 6.12. The molecule has 1 aliphatic heterocycles. The van der Waals surface area contributed by atoms with Crippen molar-refractivity contribution in [1.82, 2.24) is 14.7 Å². The molecule has 2 heterocycles. The number of nitrogen functional groups attached to an aromatic ring is 1. The van der Waals surface area contributed by atoms with Crippen LogP contribution in [0.2, 0.25) is 0 Å². The lowest BCUT2D eigenvalue weighted by molar-refractivity contribution is 0.0462. The lowest BCUT2D eigenvalue weighted by Gasteiger charge is -2.12. The van der Waals surface area contributed by atoms with Gasteiger partial charge in [-0.1, -0.05) is 18.2 Å². The van der Waals surface area contributed by atoms with Crippen LogP contribution in [0.3, 0.4) is 0 Å². The van der Waals surface area contributed by atoms with Crippen LogP contribution in [0.5, 0.6) is 0 Å². The second-order valence-corrected chi connectivity index (χ2v) is 8.90. The van der Waals surface area contributed by atoms with Gasteiger partial charge in [0.1, 0.15) is 5.82 Å². The molecule has 162 valence electrons. The van der Waals surface area contributed by atoms with Gasteiger partial charge in [-0.3, -0.25) is 0 Å². The van der Waals surface area contributed by atoms with Gasteiger partial charge in [0.15, 0.2) is 12.4 Å². The minimum Gasteiger partial charge on any atom is -0.454 e. The highest BCUT2D eigenvalue weighted by atomic mass is 32.2. The molecule has 10 heteroatoms. The van der Waals surface area contributed by atoms with Crippen molar-refractivity contribution in [3.63, 3.8) is 0 Å². The number of para-hydroxylation sites is 1. The molecular formula is C21H22N4O5S. The van der Waals surface area contributed by atoms with E-state index >= 15 is 0 Å². The maximum Gasteiger partial charge on any atom is 0.338 e. The number of sulfonamides is 1. The van der Waals surface area contributed by atoms with Crippen molar-refractivity contribution >= 4 is 32.7 Å². The van der Waals surface area contributed by atoms with Crippen LogP contribution in [0.1, 0.15) is 29.0 Å². The molecule has 0 saturated carbocycles. The smallest absolute Gasteiger partial charge is 0.338 e. The Morgan fingerprint density at radius 2 is 2.03 bits per heavy atom. The standard InChI is InChI=1S/C21H22N4O5S/c22-20-17-8-1-2-9-18(17)24-19(25-20)13-30-21(26)14-5-3-7-16(11-14)31(27,28)23-12-15-6-4-10-29-15/h1-3,5,7-9,11,15,23H,4,6,10,12-13H2,(H2,22,24,25). The Labute approximate surface area is 179 Å². The number of fused-ring (bicyclic) bond motifs is 1. The molecule has 9 nitrogen and oxygen atoms in total. The Hall–Kier alpha value is -3.08. The number of nitrogens with zero attached hydrogens (tertiary/aromatic N) is 2. The topological polar surface area (TPSA) is 134 Å². The molecule has 0 amide bonds. The number of carbonyl (C=O) groups excluding carboxylic acids is 1. The van der Waals surface area contributed by atoms with Crippen molar-refractivity contribution in [2.24, 2.45) is 0 Å². The lowest BCUT2D eigenvalue weighted by atomic mass is 10.2. The fourth-order valence-electron chi connectivity index (χ4n) is 3.31. The zero-order valence-electron chi connectivity index (χ0n) is 16.7. The number of carbonyl (C=O) groups is 1. The summed E-state index contributed by atoms with van der Waals surface area (Å²) in [6, 6.07) is 12.9. The molecule has 3 aromatic rings. The summed E-state index contributed by atoms with van der Waals surface area (Å²) in [5, 5.41) is 0.714. The Balaban J connectivity index is 1.43. The summed E-state index contributed by atoms with van der Waals surface area (Å²) in [5.74, 6) is -0.139. The molecule has 2 aromatic carbocycles. The summed E-state index contributed by atoms with van der Waals surface area (Å²) in [7, 11) is -3.78. The van der Waals surface area contributed by atoms with E-state index in [0.717, 1.165) is 12.8 Å². The van der Waals surface area contributed by atoms with Gasteiger partial charge in [-0.2, -0.15) is 0 Å². The van der Waals surface area contributed by atoms with Crippen LogP contribution in [-0.4, -0.2) is 43.6 Å². The zero-order valence-corrected chi connectivity index (χ0v) is 17.5. The van der Waals surface area contributed by atoms with Gasteiger partial charge in [-0.05, 0) is 43.2 Å². The second kappa shape index (κ2) is 8.96. The van der Waals surface area contributed by atoms with Gasteiger partial charge in [0, 0.05) is 18.5 Å². The number of ether oxygens (including phenoxy) is 2. The maximum absolute atomic E-state index is 12.6. The highest BCUT2D eigenvalue weighted by Gasteiger charge is 2.21. The molecule has 3 N–H and O–H groups in total. The van der Waals surface area contributed by atoms with Crippen molar-refractivity contribution < 1.29 is 22.7 Å². The summed E-state index contributed by atoms with van der Waals surface area (Å²) in [6.45, 7) is 0.639. The fourth-order valence-corrected chi connectivity index (χ4v) is 4.42. The van der Waals surface area contributed by atoms with Gasteiger partial charge in [0.25, 0.3) is 0 Å². The lowest BCUT2D eigenvalue weighted by Crippen LogP contribution is -2.31. The number of anilines is 1. The van der Waals surface area contributed by atoms with Crippen LogP contribution >= 0.6 is 0 Å². The molecule has 1 aromatic heterocycles. The molecule has 4 rings (SSSR count). The predicted molar refractivity (Wildman–Crippen MR) is 114 cm³/mol. The molecule has 1 atom stereocenters. The van der Waals surface area contributed by atoms with Crippen LogP contribution in [0.25, 0.3) is 10.9 Å². The minimum absolute atomic E-state index is 0.0221. The van der Waals surface area contributed by atoms with Gasteiger partial charge < -0.3 is 15.2 Å². The number of nitrogens with two attached hydrogens (primary N) is 1. The van der Waals surface area contributed by atoms with Gasteiger partial charge in [-0.15, -0.1) is 0 Å². The van der Waals surface area contributed by atoms with Crippen LogP contribution in [0.4, 0.5) is 5.82 Å². The van der Waals surface area contributed by atoms with Crippen molar-refractivity contribution in [2.75, 3.05) is 18.9 Å². The molecular weight excluding hydrogens is 420 g/mol. The van der Waals surface area contributed by atoms with Gasteiger partial charge >= 0.3 is 5.97 Å². The monoisotopic (exact) mass is 442 g/mol. The minimum atomic E-state index is -3.78. The average molecular weight is 442 g/mol. The molecule has 1 unspecified atom stereocenters. The quantitative estimate of drug-likeness (QED) is 0.531. The number of hydrogen-bond donors (Lipinski definition) is 2. The summed E-state index contributed by atoms with van der Waals surface area (Å²) in [4.78, 5) is 20.9. The predicted octanol–water partition coefficient (Wildman–Crippen LogP) is 2.03. The molecule has 0 aliphatic carbocycles. The van der Waals surface area contributed by atoms with E-state index in [0.29, 0.717) is 23.3 Å². The zero-order chi connectivity index (χ0) is 21.8. The highest BCUT2D eigenvalue weighted by Crippen LogP contribution is 2.18. The number of rotatable bonds is 7. The number of esters is 1. The van der Waals surface area contributed by atoms with Crippen LogP contribution in [0, 0.1) is 0 Å². The normalized spacial score (nSPS) is 16.5. The summed E-state index contributed by atoms with van der Waals surface area (Å²) in [6.07, 6.45) is 1.61. The van der Waals surface area contributed by atoms with Crippen LogP contribution in [-0.2, 0) is 26.1 Å². The summed E-state index contributed by atoms with van der Waals surface area (Å²) in [5.41, 5.74) is 6.69. The first-order valence-corrected chi connectivity index (χ1v) is 11.3. The molecule has 0 bridgehead atoms. The SMILES string of the molecule is Nc1nc(COC(=O)c2cccc(S(=O)(=O)NCC3CCCO3)c2)nc2ccccc12. The van der Waals surface area contributed by atoms with E-state index < -0.39 is 16.0 Å². The fraction of sp³-hybridized carbons (Fsp3) is 0.286. The third-order valence-electron chi connectivity index (χ3n) is 4.92. The van der Waals surface area contributed by atoms with E-state index in [1.165, 1.54) is 24.3 Å². The number of aromatic nitrogens is 2. The third-order valence-corrected chi connectivity index (χ3v) is 6.34. The van der Waals surface area contributed by atoms with Gasteiger partial charge in [0.05, 0.1) is 22.1 Å². The van der Waals surface area contributed by atoms with E-state index in [4.69, 9.17) is 15.2 Å². The highest BCUT2D eigenvalue weighted by molar-refractivity contribution is 7.89. The number of nitrogens with one attached hydrogen (secondary N) is 1. The molecule has 0 radical (unpaired) electrons. The van der Waals surface area contributed by atoms with Crippen LogP contribution < -0.4 is 10.5 Å². The Bertz CT molecular complexity index is 1210. The van der Waals surface area contributed by atoms with E-state index in [-0.39, 0.29) is 35.5 Å². The first-order chi connectivity index (χ1) is 14.9. The molecule has 0 spiro atoms. The van der Waals surface area contributed by atoms with Crippen molar-refractivity contribution in [3.05, 3.63) is 59.9 Å². The number of hydrogen-bond acceptors (Lipinski definition) is 8. The van der Waals surface area contributed by atoms with E-state index in [9.17, 15) is 13.2 Å².